The van der Waals surface area contributed by atoms with Crippen LogP contribution in [-0.2, 0) is 9.53 Å². The van der Waals surface area contributed by atoms with E-state index in [2.05, 4.69) is 22.4 Å². The summed E-state index contributed by atoms with van der Waals surface area (Å²) in [5.74, 6) is -0.396. The van der Waals surface area contributed by atoms with Gasteiger partial charge in [0, 0.05) is 18.9 Å². The molecule has 2 rings (SSSR count). The van der Waals surface area contributed by atoms with Crippen LogP contribution in [0.4, 0.5) is 0 Å². The van der Waals surface area contributed by atoms with Crippen LogP contribution in [0.2, 0.25) is 0 Å². The Bertz CT molecular complexity index is 518. The summed E-state index contributed by atoms with van der Waals surface area (Å²) in [6.07, 6.45) is 3.55. The fourth-order valence-corrected chi connectivity index (χ4v) is 2.21. The van der Waals surface area contributed by atoms with Gasteiger partial charge in [0.1, 0.15) is 0 Å². The number of nitrogens with one attached hydrogen (secondary N) is 1. The number of hydrogen-bond donors (Lipinski definition) is 1. The number of ether oxygens (including phenoxy) is 1. The molecule has 0 aliphatic carbocycles. The van der Waals surface area contributed by atoms with Crippen molar-refractivity contribution in [1.82, 2.24) is 10.3 Å². The number of esters is 1. The highest BCUT2D eigenvalue weighted by atomic mass is 16.5. The number of methoxy groups -OCH3 is 1. The fourth-order valence-electron chi connectivity index (χ4n) is 2.21. The van der Waals surface area contributed by atoms with Crippen molar-refractivity contribution in [2.45, 2.75) is 13.0 Å². The van der Waals surface area contributed by atoms with Gasteiger partial charge < -0.3 is 10.1 Å². The number of hydrogen-bond acceptors (Lipinski definition) is 4. The molecule has 1 heterocycles. The van der Waals surface area contributed by atoms with Crippen LogP contribution in [-0.4, -0.2) is 24.6 Å². The first-order valence-corrected chi connectivity index (χ1v) is 6.98. The molecule has 0 spiro atoms. The van der Waals surface area contributed by atoms with E-state index in [0.717, 1.165) is 11.1 Å². The summed E-state index contributed by atoms with van der Waals surface area (Å²) in [4.78, 5) is 15.6. The third-order valence-electron chi connectivity index (χ3n) is 3.40. The van der Waals surface area contributed by atoms with Crippen LogP contribution in [0.15, 0.2) is 54.9 Å². The summed E-state index contributed by atoms with van der Waals surface area (Å²) in [7, 11) is 1.41. The zero-order valence-electron chi connectivity index (χ0n) is 12.3. The Labute approximate surface area is 125 Å². The van der Waals surface area contributed by atoms with E-state index >= 15 is 0 Å². The van der Waals surface area contributed by atoms with Crippen LogP contribution in [0.25, 0.3) is 0 Å². The highest BCUT2D eigenvalue weighted by Crippen LogP contribution is 2.21. The van der Waals surface area contributed by atoms with Crippen molar-refractivity contribution in [3.63, 3.8) is 0 Å². The summed E-state index contributed by atoms with van der Waals surface area (Å²) in [5.41, 5.74) is 2.27. The smallest absolute Gasteiger partial charge is 0.309 e. The van der Waals surface area contributed by atoms with Crippen LogP contribution >= 0.6 is 0 Å². The Morgan fingerprint density at radius 3 is 2.38 bits per heavy atom. The number of nitrogens with zero attached hydrogens (tertiary/aromatic N) is 1. The van der Waals surface area contributed by atoms with Gasteiger partial charge in [-0.2, -0.15) is 0 Å². The lowest BCUT2D eigenvalue weighted by Crippen LogP contribution is -2.31. The molecule has 4 nitrogen and oxygen atoms in total. The molecule has 1 N–H and O–H groups in total. The molecular formula is C17H20N2O2. The Kier molecular flexibility index (Phi) is 5.46. The molecule has 2 aromatic rings. The van der Waals surface area contributed by atoms with Crippen LogP contribution in [0.3, 0.4) is 0 Å². The predicted octanol–water partition coefficient (Wildman–Crippen LogP) is 2.57. The molecule has 0 bridgehead atoms. The molecule has 0 saturated carbocycles. The maximum Gasteiger partial charge on any atom is 0.309 e. The molecule has 0 saturated heterocycles. The summed E-state index contributed by atoms with van der Waals surface area (Å²) < 4.78 is 4.77. The van der Waals surface area contributed by atoms with Crippen LogP contribution in [0, 0.1) is 5.92 Å². The molecule has 1 aromatic heterocycles. The van der Waals surface area contributed by atoms with Gasteiger partial charge in [-0.05, 0) is 23.3 Å². The number of pyridine rings is 1. The summed E-state index contributed by atoms with van der Waals surface area (Å²) >= 11 is 0. The Balaban J connectivity index is 2.16. The second-order valence-electron chi connectivity index (χ2n) is 4.96. The molecule has 21 heavy (non-hydrogen) atoms. The van der Waals surface area contributed by atoms with Gasteiger partial charge in [0.2, 0.25) is 0 Å². The third-order valence-corrected chi connectivity index (χ3v) is 3.40. The molecule has 110 valence electrons. The average molecular weight is 284 g/mol. The number of benzene rings is 1. The van der Waals surface area contributed by atoms with Crippen LogP contribution in [0.5, 0.6) is 0 Å². The summed E-state index contributed by atoms with van der Waals surface area (Å²) in [6.45, 7) is 2.40. The normalized spacial score (nSPS) is 13.4. The first-order valence-electron chi connectivity index (χ1n) is 6.98. The van der Waals surface area contributed by atoms with Crippen molar-refractivity contribution in [1.29, 1.82) is 0 Å². The van der Waals surface area contributed by atoms with Crippen molar-refractivity contribution < 1.29 is 9.53 Å². The van der Waals surface area contributed by atoms with Gasteiger partial charge in [-0.25, -0.2) is 0 Å². The predicted molar refractivity (Wildman–Crippen MR) is 81.7 cm³/mol. The first kappa shape index (κ1) is 15.2. The highest BCUT2D eigenvalue weighted by Gasteiger charge is 2.18. The minimum Gasteiger partial charge on any atom is -0.469 e. The lowest BCUT2D eigenvalue weighted by atomic mass is 9.99. The molecule has 1 aromatic carbocycles. The highest BCUT2D eigenvalue weighted by molar-refractivity contribution is 5.72. The van der Waals surface area contributed by atoms with Crippen molar-refractivity contribution in [3.8, 4) is 0 Å². The average Bonchev–Trinajstić information content (AvgIpc) is 2.56. The maximum atomic E-state index is 11.5. The zero-order chi connectivity index (χ0) is 15.1. The van der Waals surface area contributed by atoms with Gasteiger partial charge in [-0.1, -0.05) is 37.3 Å². The minimum absolute atomic E-state index is 0.0290. The van der Waals surface area contributed by atoms with Crippen molar-refractivity contribution in [3.05, 3.63) is 66.0 Å². The molecule has 0 aliphatic rings. The topological polar surface area (TPSA) is 51.2 Å². The van der Waals surface area contributed by atoms with E-state index in [9.17, 15) is 4.79 Å². The van der Waals surface area contributed by atoms with E-state index in [1.54, 1.807) is 12.4 Å². The monoisotopic (exact) mass is 284 g/mol. The molecule has 2 atom stereocenters. The lowest BCUT2D eigenvalue weighted by Gasteiger charge is -2.21. The van der Waals surface area contributed by atoms with E-state index in [1.807, 2.05) is 37.3 Å². The third kappa shape index (κ3) is 4.13. The number of rotatable bonds is 6. The quantitative estimate of drug-likeness (QED) is 0.828. The van der Waals surface area contributed by atoms with Gasteiger partial charge in [-0.15, -0.1) is 0 Å². The number of carbonyl (C=O) groups excluding carboxylic acids is 1. The van der Waals surface area contributed by atoms with Crippen LogP contribution < -0.4 is 5.32 Å². The minimum atomic E-state index is -0.205. The maximum absolute atomic E-state index is 11.5. The SMILES string of the molecule is COC(=O)C(C)CNC(c1ccccc1)c1ccncc1. The molecule has 2 unspecified atom stereocenters. The molecule has 0 fully saturated rings. The lowest BCUT2D eigenvalue weighted by molar-refractivity contribution is -0.144. The second-order valence-corrected chi connectivity index (χ2v) is 4.96. The molecule has 4 heteroatoms. The molecule has 0 amide bonds. The fraction of sp³-hybridized carbons (Fsp3) is 0.294. The van der Waals surface area contributed by atoms with E-state index < -0.39 is 0 Å². The standard InChI is InChI=1S/C17H20N2O2/c1-13(17(20)21-2)12-19-16(14-6-4-3-5-7-14)15-8-10-18-11-9-15/h3-11,13,16,19H,12H2,1-2H3. The Morgan fingerprint density at radius 2 is 1.76 bits per heavy atom. The first-order chi connectivity index (χ1) is 10.2. The van der Waals surface area contributed by atoms with Gasteiger partial charge in [0.05, 0.1) is 19.1 Å². The van der Waals surface area contributed by atoms with Crippen molar-refractivity contribution in [2.75, 3.05) is 13.7 Å². The van der Waals surface area contributed by atoms with Gasteiger partial charge in [0.25, 0.3) is 0 Å². The van der Waals surface area contributed by atoms with Gasteiger partial charge >= 0.3 is 5.97 Å². The van der Waals surface area contributed by atoms with Gasteiger partial charge in [-0.3, -0.25) is 9.78 Å². The zero-order valence-corrected chi connectivity index (χ0v) is 12.3. The molecule has 0 radical (unpaired) electrons. The molecular weight excluding hydrogens is 264 g/mol. The van der Waals surface area contributed by atoms with E-state index in [4.69, 9.17) is 4.74 Å². The second kappa shape index (κ2) is 7.55. The summed E-state index contributed by atoms with van der Waals surface area (Å²) in [5, 5.41) is 3.44. The van der Waals surface area contributed by atoms with Crippen molar-refractivity contribution in [2.24, 2.45) is 5.92 Å². The number of aromatic nitrogens is 1. The van der Waals surface area contributed by atoms with Crippen LogP contribution in [0.1, 0.15) is 24.1 Å². The summed E-state index contributed by atoms with van der Waals surface area (Å²) in [6, 6.07) is 14.1. The van der Waals surface area contributed by atoms with Crippen molar-refractivity contribution >= 4 is 5.97 Å². The Hall–Kier alpha value is -2.20. The van der Waals surface area contributed by atoms with E-state index in [-0.39, 0.29) is 17.9 Å². The Morgan fingerprint density at radius 1 is 1.14 bits per heavy atom. The molecule has 0 aliphatic heterocycles. The largest absolute Gasteiger partial charge is 0.469 e. The van der Waals surface area contributed by atoms with E-state index in [1.165, 1.54) is 7.11 Å². The van der Waals surface area contributed by atoms with Gasteiger partial charge in [0.15, 0.2) is 0 Å². The van der Waals surface area contributed by atoms with E-state index in [0.29, 0.717) is 6.54 Å². The number of carbonyl (C=O) groups is 1.